The van der Waals surface area contributed by atoms with Crippen molar-refractivity contribution in [3.8, 4) is 0 Å². The van der Waals surface area contributed by atoms with Gasteiger partial charge in [-0.25, -0.2) is 4.39 Å². The summed E-state index contributed by atoms with van der Waals surface area (Å²) in [5.74, 6) is -0.317. The SMILES string of the molecule is CCN(C(=O)CNC)c1ccc(F)cc1.Cl. The van der Waals surface area contributed by atoms with E-state index in [0.717, 1.165) is 5.69 Å². The second kappa shape index (κ2) is 7.19. The smallest absolute Gasteiger partial charge is 0.240 e. The van der Waals surface area contributed by atoms with Crippen molar-refractivity contribution in [2.24, 2.45) is 0 Å². The van der Waals surface area contributed by atoms with Crippen LogP contribution >= 0.6 is 12.4 Å². The minimum Gasteiger partial charge on any atom is -0.312 e. The molecule has 0 radical (unpaired) electrons. The quantitative estimate of drug-likeness (QED) is 0.879. The lowest BCUT2D eigenvalue weighted by Crippen LogP contribution is -2.37. The molecule has 0 aromatic heterocycles. The lowest BCUT2D eigenvalue weighted by Gasteiger charge is -2.20. The minimum absolute atomic E-state index is 0. The molecule has 0 aliphatic rings. The molecule has 0 aliphatic heterocycles. The van der Waals surface area contributed by atoms with Crippen LogP contribution in [0.2, 0.25) is 0 Å². The second-order valence-corrected chi connectivity index (χ2v) is 3.14. The number of nitrogens with one attached hydrogen (secondary N) is 1. The van der Waals surface area contributed by atoms with E-state index in [2.05, 4.69) is 5.32 Å². The normalized spacial score (nSPS) is 9.44. The molecule has 1 aromatic carbocycles. The van der Waals surface area contributed by atoms with Crippen molar-refractivity contribution in [1.29, 1.82) is 0 Å². The van der Waals surface area contributed by atoms with Crippen molar-refractivity contribution in [2.75, 3.05) is 25.0 Å². The van der Waals surface area contributed by atoms with E-state index in [0.29, 0.717) is 6.54 Å². The van der Waals surface area contributed by atoms with Crippen LogP contribution in [0.1, 0.15) is 6.92 Å². The maximum Gasteiger partial charge on any atom is 0.240 e. The number of rotatable bonds is 4. The van der Waals surface area contributed by atoms with E-state index >= 15 is 0 Å². The highest BCUT2D eigenvalue weighted by Crippen LogP contribution is 2.14. The van der Waals surface area contributed by atoms with Gasteiger partial charge in [-0.3, -0.25) is 4.79 Å². The minimum atomic E-state index is -0.295. The van der Waals surface area contributed by atoms with Crippen molar-refractivity contribution >= 4 is 24.0 Å². The third kappa shape index (κ3) is 3.79. The van der Waals surface area contributed by atoms with Crippen LogP contribution in [0.4, 0.5) is 10.1 Å². The number of benzene rings is 1. The molecule has 0 aliphatic carbocycles. The van der Waals surface area contributed by atoms with E-state index in [9.17, 15) is 9.18 Å². The average Bonchev–Trinajstić information content (AvgIpc) is 2.22. The Morgan fingerprint density at radius 2 is 1.94 bits per heavy atom. The molecular formula is C11H16ClFN2O. The fourth-order valence-corrected chi connectivity index (χ4v) is 1.37. The molecule has 1 amide bonds. The van der Waals surface area contributed by atoms with Crippen molar-refractivity contribution < 1.29 is 9.18 Å². The molecule has 0 bridgehead atoms. The predicted octanol–water partition coefficient (Wildman–Crippen LogP) is 1.82. The fourth-order valence-electron chi connectivity index (χ4n) is 1.37. The van der Waals surface area contributed by atoms with E-state index in [-0.39, 0.29) is 30.7 Å². The highest BCUT2D eigenvalue weighted by atomic mass is 35.5. The number of carbonyl (C=O) groups is 1. The van der Waals surface area contributed by atoms with E-state index in [1.807, 2.05) is 6.92 Å². The first kappa shape index (κ1) is 14.9. The summed E-state index contributed by atoms with van der Waals surface area (Å²) >= 11 is 0. The maximum atomic E-state index is 12.7. The van der Waals surface area contributed by atoms with Crippen LogP contribution < -0.4 is 10.2 Å². The van der Waals surface area contributed by atoms with Crippen LogP contribution in [0.15, 0.2) is 24.3 Å². The van der Waals surface area contributed by atoms with Gasteiger partial charge in [0, 0.05) is 12.2 Å². The van der Waals surface area contributed by atoms with Crippen LogP contribution in [-0.2, 0) is 4.79 Å². The van der Waals surface area contributed by atoms with Crippen LogP contribution in [0, 0.1) is 5.82 Å². The van der Waals surface area contributed by atoms with Gasteiger partial charge in [0.05, 0.1) is 6.54 Å². The first-order chi connectivity index (χ1) is 7.19. The second-order valence-electron chi connectivity index (χ2n) is 3.14. The van der Waals surface area contributed by atoms with E-state index in [1.165, 1.54) is 12.1 Å². The van der Waals surface area contributed by atoms with Gasteiger partial charge in [-0.1, -0.05) is 0 Å². The predicted molar refractivity (Wildman–Crippen MR) is 65.6 cm³/mol. The molecule has 0 saturated carbocycles. The Morgan fingerprint density at radius 1 is 1.38 bits per heavy atom. The monoisotopic (exact) mass is 246 g/mol. The summed E-state index contributed by atoms with van der Waals surface area (Å²) in [6.45, 7) is 2.74. The zero-order chi connectivity index (χ0) is 11.3. The van der Waals surface area contributed by atoms with E-state index in [1.54, 1.807) is 24.1 Å². The summed E-state index contributed by atoms with van der Waals surface area (Å²) in [5.41, 5.74) is 0.721. The Hall–Kier alpha value is -1.13. The molecule has 3 nitrogen and oxygen atoms in total. The van der Waals surface area contributed by atoms with Crippen molar-refractivity contribution in [3.63, 3.8) is 0 Å². The molecule has 90 valence electrons. The van der Waals surface area contributed by atoms with Crippen molar-refractivity contribution in [3.05, 3.63) is 30.1 Å². The van der Waals surface area contributed by atoms with Gasteiger partial charge in [-0.2, -0.15) is 0 Å². The molecule has 0 atom stereocenters. The Kier molecular flexibility index (Phi) is 6.69. The van der Waals surface area contributed by atoms with Gasteiger partial charge in [0.2, 0.25) is 5.91 Å². The van der Waals surface area contributed by atoms with Crippen LogP contribution in [0.3, 0.4) is 0 Å². The van der Waals surface area contributed by atoms with Crippen molar-refractivity contribution in [2.45, 2.75) is 6.92 Å². The Balaban J connectivity index is 0.00000225. The number of amides is 1. The topological polar surface area (TPSA) is 32.3 Å². The number of anilines is 1. The summed E-state index contributed by atoms with van der Waals surface area (Å²) in [7, 11) is 1.72. The van der Waals surface area contributed by atoms with Gasteiger partial charge in [-0.15, -0.1) is 12.4 Å². The number of likely N-dealkylation sites (N-methyl/N-ethyl adjacent to an activating group) is 2. The third-order valence-corrected chi connectivity index (χ3v) is 2.08. The molecule has 0 spiro atoms. The molecule has 16 heavy (non-hydrogen) atoms. The Bertz CT molecular complexity index is 329. The number of nitrogens with zero attached hydrogens (tertiary/aromatic N) is 1. The molecule has 0 fully saturated rings. The van der Waals surface area contributed by atoms with E-state index in [4.69, 9.17) is 0 Å². The highest BCUT2D eigenvalue weighted by molar-refractivity contribution is 5.94. The summed E-state index contributed by atoms with van der Waals surface area (Å²) in [6, 6.07) is 5.91. The molecule has 0 heterocycles. The maximum absolute atomic E-state index is 12.7. The number of hydrogen-bond donors (Lipinski definition) is 1. The molecular weight excluding hydrogens is 231 g/mol. The molecule has 1 aromatic rings. The Labute approximate surface area is 101 Å². The zero-order valence-corrected chi connectivity index (χ0v) is 10.2. The van der Waals surface area contributed by atoms with Crippen LogP contribution in [0.25, 0.3) is 0 Å². The average molecular weight is 247 g/mol. The molecule has 0 saturated heterocycles. The lowest BCUT2D eigenvalue weighted by molar-refractivity contribution is -0.117. The molecule has 5 heteroatoms. The largest absolute Gasteiger partial charge is 0.312 e. The van der Waals surface area contributed by atoms with Gasteiger partial charge in [0.25, 0.3) is 0 Å². The van der Waals surface area contributed by atoms with E-state index < -0.39 is 0 Å². The summed E-state index contributed by atoms with van der Waals surface area (Å²) in [6.07, 6.45) is 0. The summed E-state index contributed by atoms with van der Waals surface area (Å²) in [5, 5.41) is 2.80. The summed E-state index contributed by atoms with van der Waals surface area (Å²) < 4.78 is 12.7. The van der Waals surface area contributed by atoms with Crippen molar-refractivity contribution in [1.82, 2.24) is 5.32 Å². The first-order valence-corrected chi connectivity index (χ1v) is 4.89. The highest BCUT2D eigenvalue weighted by Gasteiger charge is 2.12. The Morgan fingerprint density at radius 3 is 2.38 bits per heavy atom. The number of halogens is 2. The van der Waals surface area contributed by atoms with Gasteiger partial charge in [0.15, 0.2) is 0 Å². The lowest BCUT2D eigenvalue weighted by atomic mass is 10.2. The van der Waals surface area contributed by atoms with Crippen LogP contribution in [-0.4, -0.2) is 26.0 Å². The van der Waals surface area contributed by atoms with Gasteiger partial charge < -0.3 is 10.2 Å². The fraction of sp³-hybridized carbons (Fsp3) is 0.364. The van der Waals surface area contributed by atoms with Gasteiger partial charge >= 0.3 is 0 Å². The third-order valence-electron chi connectivity index (χ3n) is 2.08. The van der Waals surface area contributed by atoms with Gasteiger partial charge in [0.1, 0.15) is 5.82 Å². The first-order valence-electron chi connectivity index (χ1n) is 4.89. The summed E-state index contributed by atoms with van der Waals surface area (Å²) in [4.78, 5) is 13.2. The number of hydrogen-bond acceptors (Lipinski definition) is 2. The molecule has 1 N–H and O–H groups in total. The standard InChI is InChI=1S/C11H15FN2O.ClH/c1-3-14(11(15)8-13-2)10-6-4-9(12)5-7-10;/h4-7,13H,3,8H2,1-2H3;1H. The number of carbonyl (C=O) groups excluding carboxylic acids is 1. The zero-order valence-electron chi connectivity index (χ0n) is 9.37. The van der Waals surface area contributed by atoms with Crippen LogP contribution in [0.5, 0.6) is 0 Å². The molecule has 1 rings (SSSR count). The van der Waals surface area contributed by atoms with Gasteiger partial charge in [-0.05, 0) is 38.2 Å². The molecule has 0 unspecified atom stereocenters.